The largest absolute Gasteiger partial charge is 0.468 e. The molecule has 0 bridgehead atoms. The molecule has 11 rings (SSSR count). The first-order valence-corrected chi connectivity index (χ1v) is 22.9. The quantitative estimate of drug-likeness (QED) is 0.163. The van der Waals surface area contributed by atoms with E-state index in [4.69, 9.17) is 4.42 Å². The number of nitrogens with zero attached hydrogens (tertiary/aromatic N) is 2. The van der Waals surface area contributed by atoms with E-state index in [-0.39, 0.29) is 39.2 Å². The van der Waals surface area contributed by atoms with Crippen molar-refractivity contribution in [1.82, 2.24) is 0 Å². The van der Waals surface area contributed by atoms with Crippen LogP contribution in [0.3, 0.4) is 0 Å². The van der Waals surface area contributed by atoms with E-state index in [1.165, 1.54) is 117 Å². The van der Waals surface area contributed by atoms with Crippen molar-refractivity contribution < 1.29 is 4.42 Å². The maximum absolute atomic E-state index is 7.52. The summed E-state index contributed by atoms with van der Waals surface area (Å²) < 4.78 is 7.52. The predicted molar refractivity (Wildman–Crippen MR) is 256 cm³/mol. The van der Waals surface area contributed by atoms with Gasteiger partial charge in [0.1, 0.15) is 5.58 Å². The summed E-state index contributed by atoms with van der Waals surface area (Å²) in [5.74, 6) is 0. The molecule has 0 radical (unpaired) electrons. The lowest BCUT2D eigenvalue weighted by Gasteiger charge is -2.47. The average molecular weight is 791 g/mol. The maximum atomic E-state index is 7.52. The van der Waals surface area contributed by atoms with Crippen molar-refractivity contribution in [3.63, 3.8) is 0 Å². The fourth-order valence-corrected chi connectivity index (χ4v) is 12.4. The van der Waals surface area contributed by atoms with Crippen molar-refractivity contribution in [2.24, 2.45) is 0 Å². The highest BCUT2D eigenvalue weighted by molar-refractivity contribution is 7.00. The molecule has 0 amide bonds. The van der Waals surface area contributed by atoms with Crippen molar-refractivity contribution in [2.75, 3.05) is 9.80 Å². The van der Waals surface area contributed by atoms with Crippen molar-refractivity contribution in [1.29, 1.82) is 0 Å². The Labute approximate surface area is 359 Å². The van der Waals surface area contributed by atoms with Crippen LogP contribution >= 0.6 is 0 Å². The molecule has 0 N–H and O–H groups in total. The number of para-hydroxylation sites is 1. The molecule has 3 aliphatic carbocycles. The summed E-state index contributed by atoms with van der Waals surface area (Å²) in [4.78, 5) is 5.18. The Kier molecular flexibility index (Phi) is 7.66. The molecule has 3 nitrogen and oxygen atoms in total. The van der Waals surface area contributed by atoms with E-state index in [2.05, 4.69) is 184 Å². The third kappa shape index (κ3) is 5.21. The minimum Gasteiger partial charge on any atom is -0.468 e. The van der Waals surface area contributed by atoms with Crippen LogP contribution in [0.2, 0.25) is 0 Å². The van der Waals surface area contributed by atoms with Crippen LogP contribution in [-0.4, -0.2) is 6.71 Å². The van der Waals surface area contributed by atoms with Crippen LogP contribution in [0.1, 0.15) is 155 Å². The highest BCUT2D eigenvalue weighted by atomic mass is 16.3. The second kappa shape index (κ2) is 12.0. The van der Waals surface area contributed by atoms with Crippen LogP contribution < -0.4 is 26.4 Å². The zero-order valence-electron chi connectivity index (χ0n) is 38.3. The van der Waals surface area contributed by atoms with Crippen molar-refractivity contribution in [3.8, 4) is 0 Å². The number of furan rings is 1. The first-order chi connectivity index (χ1) is 28.2. The van der Waals surface area contributed by atoms with E-state index in [1.54, 1.807) is 0 Å². The molecule has 60 heavy (non-hydrogen) atoms. The third-order valence-corrected chi connectivity index (χ3v) is 16.6. The maximum Gasteiger partial charge on any atom is 0.297 e. The van der Waals surface area contributed by atoms with Gasteiger partial charge in [-0.25, -0.2) is 0 Å². The number of fused-ring (bicyclic) bond motifs is 9. The van der Waals surface area contributed by atoms with Crippen LogP contribution in [0.5, 0.6) is 0 Å². The molecule has 5 aromatic carbocycles. The number of rotatable bonds is 2. The number of benzene rings is 5. The molecule has 1 aromatic heterocycles. The molecular formula is C56H63BN2O. The molecule has 3 heterocycles. The standard InChI is InChI=1S/C56H63BN2O/c1-51(2)23-24-52(3,4)38-29-35(21-22-37(38)51)58-44-19-16-20-45-48(44)57(43-31-40-41(32-46(43)58)55(9,10)27-26-54(40,7)8)50-49(59(45)34-17-14-13-15-18-34)36-30-39-42(33-47(36)60-50)56(11,12)28-25-53(39,5)6/h13-22,29-33H,23-28H2,1-12H3. The van der Waals surface area contributed by atoms with Gasteiger partial charge in [0, 0.05) is 33.8 Å². The summed E-state index contributed by atoms with van der Waals surface area (Å²) in [5.41, 5.74) is 21.5. The van der Waals surface area contributed by atoms with Crippen LogP contribution in [-0.2, 0) is 32.5 Å². The Morgan fingerprint density at radius 2 is 0.933 bits per heavy atom. The molecule has 5 aliphatic rings. The molecule has 0 saturated heterocycles. The average Bonchev–Trinajstić information content (AvgIpc) is 3.58. The predicted octanol–water partition coefficient (Wildman–Crippen LogP) is 13.6. The molecule has 2 aliphatic heterocycles. The minimum atomic E-state index is -0.0676. The normalized spacial score (nSPS) is 21.6. The van der Waals surface area contributed by atoms with Gasteiger partial charge in [-0.2, -0.15) is 0 Å². The van der Waals surface area contributed by atoms with Gasteiger partial charge in [-0.05, 0) is 170 Å². The van der Waals surface area contributed by atoms with Crippen LogP contribution in [0.15, 0.2) is 95.4 Å². The van der Waals surface area contributed by atoms with Gasteiger partial charge in [0.15, 0.2) is 0 Å². The van der Waals surface area contributed by atoms with Gasteiger partial charge in [-0.15, -0.1) is 0 Å². The smallest absolute Gasteiger partial charge is 0.297 e. The molecule has 306 valence electrons. The first kappa shape index (κ1) is 38.2. The molecule has 4 heteroatoms. The summed E-state index contributed by atoms with van der Waals surface area (Å²) in [6, 6.07) is 35.8. The fraction of sp³-hybridized carbons (Fsp3) is 0.429. The molecule has 0 unspecified atom stereocenters. The lowest BCUT2D eigenvalue weighted by atomic mass is 9.35. The Hall–Kier alpha value is -4.70. The number of hydrogen-bond acceptors (Lipinski definition) is 3. The van der Waals surface area contributed by atoms with Crippen molar-refractivity contribution >= 4 is 68.4 Å². The summed E-state index contributed by atoms with van der Waals surface area (Å²) in [6.07, 6.45) is 7.09. The Balaban J connectivity index is 1.26. The van der Waals surface area contributed by atoms with Gasteiger partial charge < -0.3 is 14.2 Å². The zero-order chi connectivity index (χ0) is 42.1. The van der Waals surface area contributed by atoms with Gasteiger partial charge in [0.05, 0.1) is 11.3 Å². The van der Waals surface area contributed by atoms with Crippen molar-refractivity contribution in [2.45, 2.75) is 154 Å². The molecule has 0 spiro atoms. The molecule has 0 atom stereocenters. The highest BCUT2D eigenvalue weighted by Gasteiger charge is 2.50. The van der Waals surface area contributed by atoms with Gasteiger partial charge in [-0.1, -0.05) is 119 Å². The monoisotopic (exact) mass is 791 g/mol. The van der Waals surface area contributed by atoms with Gasteiger partial charge in [0.2, 0.25) is 0 Å². The van der Waals surface area contributed by atoms with Gasteiger partial charge >= 0.3 is 0 Å². The Bertz CT molecular complexity index is 2800. The minimum absolute atomic E-state index is 0.0591. The highest BCUT2D eigenvalue weighted by Crippen LogP contribution is 2.54. The van der Waals surface area contributed by atoms with E-state index >= 15 is 0 Å². The van der Waals surface area contributed by atoms with E-state index in [0.29, 0.717) is 0 Å². The second-order valence-corrected chi connectivity index (χ2v) is 23.3. The summed E-state index contributed by atoms with van der Waals surface area (Å²) >= 11 is 0. The molecule has 0 fully saturated rings. The topological polar surface area (TPSA) is 19.6 Å². The summed E-state index contributed by atoms with van der Waals surface area (Å²) in [5, 5.41) is 1.22. The van der Waals surface area contributed by atoms with Crippen LogP contribution in [0.25, 0.3) is 11.0 Å². The molecular weight excluding hydrogens is 727 g/mol. The number of anilines is 6. The molecule has 6 aromatic rings. The SMILES string of the molecule is CC1(C)CCC(C)(C)c2cc(N3c4cc5c(cc4B4c6oc7cc8c(cc7c6N(c6ccccc6)c6cccc3c64)C(C)(C)CCC8(C)C)C(C)(C)CCC5(C)C)ccc21. The molecule has 0 saturated carbocycles. The Morgan fingerprint density at radius 3 is 1.53 bits per heavy atom. The fourth-order valence-electron chi connectivity index (χ4n) is 12.4. The zero-order valence-corrected chi connectivity index (χ0v) is 38.3. The lowest BCUT2D eigenvalue weighted by Crippen LogP contribution is -2.61. The Morgan fingerprint density at radius 1 is 0.433 bits per heavy atom. The second-order valence-electron chi connectivity index (χ2n) is 23.3. The van der Waals surface area contributed by atoms with Gasteiger partial charge in [0.25, 0.3) is 6.71 Å². The third-order valence-electron chi connectivity index (χ3n) is 16.6. The lowest BCUT2D eigenvalue weighted by molar-refractivity contribution is 0.332. The first-order valence-electron chi connectivity index (χ1n) is 22.9. The van der Waals surface area contributed by atoms with Crippen molar-refractivity contribution in [3.05, 3.63) is 124 Å². The van der Waals surface area contributed by atoms with Crippen LogP contribution in [0, 0.1) is 0 Å². The summed E-state index contributed by atoms with van der Waals surface area (Å²) in [7, 11) is 0. The van der Waals surface area contributed by atoms with E-state index < -0.39 is 0 Å². The van der Waals surface area contributed by atoms with Gasteiger partial charge in [-0.3, -0.25) is 0 Å². The van der Waals surface area contributed by atoms with E-state index in [9.17, 15) is 0 Å². The van der Waals surface area contributed by atoms with Crippen LogP contribution in [0.4, 0.5) is 34.1 Å². The number of hydrogen-bond donors (Lipinski definition) is 0. The summed E-state index contributed by atoms with van der Waals surface area (Å²) in [6.45, 7) is 29.3. The van der Waals surface area contributed by atoms with E-state index in [1.807, 2.05) is 0 Å². The van der Waals surface area contributed by atoms with E-state index in [0.717, 1.165) is 16.9 Å².